The molecule has 4 rings (SSSR count). The van der Waals surface area contributed by atoms with Crippen molar-refractivity contribution in [1.29, 1.82) is 5.26 Å². The standard InChI is InChI=1S/C30H37N5O2S2/c1-7-13-35-26(17-37-22-11-9-19(3)20(4)14-22)33-34-29(35)38-18-27(36)32-28-24(16-31)23-12-10-21(15-25(23)39-28)30(5,6)8-2/h7,9,11,14,21H,1,8,10,12-13,15,17-18H2,2-6H3,(H,32,36). The Balaban J connectivity index is 1.40. The molecule has 0 bridgehead atoms. The van der Waals surface area contributed by atoms with E-state index in [0.29, 0.717) is 34.0 Å². The van der Waals surface area contributed by atoms with Gasteiger partial charge in [-0.25, -0.2) is 0 Å². The second-order valence-corrected chi connectivity index (χ2v) is 12.8. The first-order valence-corrected chi connectivity index (χ1v) is 15.2. The molecule has 1 aromatic carbocycles. The summed E-state index contributed by atoms with van der Waals surface area (Å²) < 4.78 is 7.87. The number of nitrogens with zero attached hydrogens (tertiary/aromatic N) is 4. The van der Waals surface area contributed by atoms with Gasteiger partial charge in [-0.3, -0.25) is 9.36 Å². The number of aryl methyl sites for hydroxylation is 2. The minimum absolute atomic E-state index is 0.159. The molecule has 0 saturated heterocycles. The average Bonchev–Trinajstić information content (AvgIpc) is 3.47. The van der Waals surface area contributed by atoms with Crippen LogP contribution >= 0.6 is 23.1 Å². The van der Waals surface area contributed by atoms with E-state index >= 15 is 0 Å². The molecule has 1 unspecified atom stereocenters. The van der Waals surface area contributed by atoms with E-state index in [9.17, 15) is 10.1 Å². The summed E-state index contributed by atoms with van der Waals surface area (Å²) in [6, 6.07) is 8.33. The lowest BCUT2D eigenvalue weighted by Gasteiger charge is -2.36. The van der Waals surface area contributed by atoms with Gasteiger partial charge in [0, 0.05) is 11.4 Å². The van der Waals surface area contributed by atoms with Gasteiger partial charge < -0.3 is 10.1 Å². The Morgan fingerprint density at radius 2 is 2.15 bits per heavy atom. The van der Waals surface area contributed by atoms with Crippen LogP contribution in [-0.2, 0) is 30.8 Å². The maximum Gasteiger partial charge on any atom is 0.235 e. The van der Waals surface area contributed by atoms with Gasteiger partial charge in [-0.2, -0.15) is 5.26 Å². The molecule has 2 heterocycles. The predicted molar refractivity (Wildman–Crippen MR) is 158 cm³/mol. The molecular formula is C30H37N5O2S2. The number of nitriles is 1. The van der Waals surface area contributed by atoms with Crippen LogP contribution in [0.4, 0.5) is 5.00 Å². The number of aromatic nitrogens is 3. The highest BCUT2D eigenvalue weighted by Crippen LogP contribution is 2.45. The second-order valence-electron chi connectivity index (χ2n) is 10.8. The average molecular weight is 564 g/mol. The lowest BCUT2D eigenvalue weighted by molar-refractivity contribution is -0.113. The fourth-order valence-electron chi connectivity index (χ4n) is 4.84. The van der Waals surface area contributed by atoms with E-state index in [1.54, 1.807) is 17.4 Å². The summed E-state index contributed by atoms with van der Waals surface area (Å²) in [7, 11) is 0. The number of amides is 1. The third kappa shape index (κ3) is 6.56. The van der Waals surface area contributed by atoms with E-state index in [2.05, 4.69) is 62.8 Å². The monoisotopic (exact) mass is 563 g/mol. The van der Waals surface area contributed by atoms with Crippen LogP contribution in [0.5, 0.6) is 5.75 Å². The Morgan fingerprint density at radius 1 is 1.36 bits per heavy atom. The van der Waals surface area contributed by atoms with Crippen molar-refractivity contribution in [2.45, 2.75) is 78.6 Å². The highest BCUT2D eigenvalue weighted by molar-refractivity contribution is 7.99. The number of carbonyl (C=O) groups excluding carboxylic acids is 1. The molecule has 1 amide bonds. The predicted octanol–water partition coefficient (Wildman–Crippen LogP) is 6.87. The molecule has 1 aliphatic rings. The highest BCUT2D eigenvalue weighted by Gasteiger charge is 2.34. The molecule has 0 aliphatic heterocycles. The van der Waals surface area contributed by atoms with Gasteiger partial charge in [-0.15, -0.1) is 28.1 Å². The zero-order valence-electron chi connectivity index (χ0n) is 23.5. The molecule has 1 N–H and O–H groups in total. The number of fused-ring (bicyclic) bond motifs is 1. The van der Waals surface area contributed by atoms with Gasteiger partial charge in [0.2, 0.25) is 5.91 Å². The van der Waals surface area contributed by atoms with Crippen molar-refractivity contribution in [1.82, 2.24) is 14.8 Å². The van der Waals surface area contributed by atoms with Crippen molar-refractivity contribution in [2.75, 3.05) is 11.1 Å². The molecule has 0 radical (unpaired) electrons. The topological polar surface area (TPSA) is 92.8 Å². The van der Waals surface area contributed by atoms with Crippen LogP contribution in [-0.4, -0.2) is 26.4 Å². The molecule has 3 aromatic rings. The third-order valence-electron chi connectivity index (χ3n) is 7.93. The quantitative estimate of drug-likeness (QED) is 0.202. The SMILES string of the molecule is C=CCn1c(COc2ccc(C)c(C)c2)nnc1SCC(=O)Nc1sc2c(c1C#N)CCC(C(C)(C)CC)C2. The Kier molecular flexibility index (Phi) is 9.19. The maximum atomic E-state index is 12.9. The second kappa shape index (κ2) is 12.4. The van der Waals surface area contributed by atoms with E-state index < -0.39 is 0 Å². The molecule has 0 saturated carbocycles. The van der Waals surface area contributed by atoms with Crippen molar-refractivity contribution in [2.24, 2.45) is 11.3 Å². The van der Waals surface area contributed by atoms with Gasteiger partial charge in [0.1, 0.15) is 23.4 Å². The van der Waals surface area contributed by atoms with Crippen molar-refractivity contribution >= 4 is 34.0 Å². The molecule has 0 fully saturated rings. The van der Waals surface area contributed by atoms with Crippen LogP contribution in [0, 0.1) is 36.5 Å². The molecule has 2 aromatic heterocycles. The Hall–Kier alpha value is -3.09. The zero-order valence-corrected chi connectivity index (χ0v) is 25.1. The minimum atomic E-state index is -0.165. The normalized spacial score (nSPS) is 14.9. The molecule has 0 spiro atoms. The van der Waals surface area contributed by atoms with Crippen LogP contribution in [0.2, 0.25) is 0 Å². The molecule has 1 atom stereocenters. The largest absolute Gasteiger partial charge is 0.486 e. The first-order chi connectivity index (χ1) is 18.7. The number of benzene rings is 1. The van der Waals surface area contributed by atoms with Crippen molar-refractivity contribution in [3.05, 3.63) is 63.8 Å². The minimum Gasteiger partial charge on any atom is -0.486 e. The van der Waals surface area contributed by atoms with Crippen LogP contribution in [0.25, 0.3) is 0 Å². The molecule has 206 valence electrons. The van der Waals surface area contributed by atoms with E-state index in [4.69, 9.17) is 4.74 Å². The summed E-state index contributed by atoms with van der Waals surface area (Å²) in [5.74, 6) is 2.02. The van der Waals surface area contributed by atoms with Crippen molar-refractivity contribution in [3.8, 4) is 11.8 Å². The number of rotatable bonds is 11. The van der Waals surface area contributed by atoms with Crippen molar-refractivity contribution < 1.29 is 9.53 Å². The van der Waals surface area contributed by atoms with Crippen molar-refractivity contribution in [3.63, 3.8) is 0 Å². The number of carbonyl (C=O) groups is 1. The fourth-order valence-corrected chi connectivity index (χ4v) is 6.90. The first-order valence-electron chi connectivity index (χ1n) is 13.4. The van der Waals surface area contributed by atoms with Crippen LogP contribution in [0.15, 0.2) is 36.0 Å². The van der Waals surface area contributed by atoms with Crippen LogP contribution in [0.3, 0.4) is 0 Å². The Morgan fingerprint density at radius 3 is 2.85 bits per heavy atom. The van der Waals surface area contributed by atoms with Crippen LogP contribution < -0.4 is 10.1 Å². The summed E-state index contributed by atoms with van der Waals surface area (Å²) in [6.07, 6.45) is 5.84. The molecular weight excluding hydrogens is 526 g/mol. The van der Waals surface area contributed by atoms with E-state index in [1.165, 1.54) is 22.2 Å². The summed E-state index contributed by atoms with van der Waals surface area (Å²) >= 11 is 2.87. The smallest absolute Gasteiger partial charge is 0.235 e. The molecule has 7 nitrogen and oxygen atoms in total. The summed E-state index contributed by atoms with van der Waals surface area (Å²) in [4.78, 5) is 14.2. The lowest BCUT2D eigenvalue weighted by Crippen LogP contribution is -2.28. The fraction of sp³-hybridized carbons (Fsp3) is 0.467. The van der Waals surface area contributed by atoms with E-state index in [0.717, 1.165) is 42.6 Å². The molecule has 9 heteroatoms. The summed E-state index contributed by atoms with van der Waals surface area (Å²) in [5, 5.41) is 22.8. The first kappa shape index (κ1) is 28.9. The van der Waals surface area contributed by atoms with Crippen LogP contribution in [0.1, 0.15) is 66.6 Å². The highest BCUT2D eigenvalue weighted by atomic mass is 32.2. The number of nitrogens with one attached hydrogen (secondary N) is 1. The number of thiophene rings is 1. The van der Waals surface area contributed by atoms with Gasteiger partial charge in [0.15, 0.2) is 11.0 Å². The number of anilines is 1. The number of hydrogen-bond donors (Lipinski definition) is 1. The number of allylic oxidation sites excluding steroid dienone is 1. The van der Waals surface area contributed by atoms with E-state index in [-0.39, 0.29) is 23.7 Å². The van der Waals surface area contributed by atoms with Gasteiger partial charge >= 0.3 is 0 Å². The molecule has 1 aliphatic carbocycles. The Labute approximate surface area is 239 Å². The zero-order chi connectivity index (χ0) is 28.2. The summed E-state index contributed by atoms with van der Waals surface area (Å²) in [6.45, 7) is 15.6. The number of thioether (sulfide) groups is 1. The number of hydrogen-bond acceptors (Lipinski definition) is 7. The van der Waals surface area contributed by atoms with Gasteiger partial charge in [0.05, 0.1) is 11.3 Å². The van der Waals surface area contributed by atoms with Gasteiger partial charge in [-0.05, 0) is 73.3 Å². The number of ether oxygens (including phenoxy) is 1. The lowest BCUT2D eigenvalue weighted by atomic mass is 9.69. The maximum absolute atomic E-state index is 12.9. The van der Waals surface area contributed by atoms with E-state index in [1.807, 2.05) is 22.8 Å². The summed E-state index contributed by atoms with van der Waals surface area (Å²) in [5.41, 5.74) is 4.38. The van der Waals surface area contributed by atoms with Gasteiger partial charge in [0.25, 0.3) is 0 Å². The van der Waals surface area contributed by atoms with Gasteiger partial charge in [-0.1, -0.05) is 51.1 Å². The molecule has 39 heavy (non-hydrogen) atoms. The Bertz CT molecular complexity index is 1400. The third-order valence-corrected chi connectivity index (χ3v) is 10.1.